The molecule has 73 heavy (non-hydrogen) atoms. The van der Waals surface area contributed by atoms with Gasteiger partial charge in [0.1, 0.15) is 0 Å². The highest BCUT2D eigenvalue weighted by atomic mass is 19.4. The van der Waals surface area contributed by atoms with E-state index in [4.69, 9.17) is 0 Å². The molecule has 0 aliphatic heterocycles. The molecule has 10 aromatic carbocycles. The van der Waals surface area contributed by atoms with Crippen molar-refractivity contribution < 1.29 is 35.1 Å². The molecule has 0 spiro atoms. The Hall–Kier alpha value is -9.16. The van der Waals surface area contributed by atoms with Crippen LogP contribution >= 0.6 is 0 Å². The maximum Gasteiger partial charge on any atom is 0.417 e. The van der Waals surface area contributed by atoms with Crippen molar-refractivity contribution in [1.29, 1.82) is 0 Å². The first-order chi connectivity index (χ1) is 35.5. The van der Waals surface area contributed by atoms with Crippen molar-refractivity contribution in [3.05, 3.63) is 229 Å². The van der Waals surface area contributed by atoms with Crippen molar-refractivity contribution in [2.75, 3.05) is 0 Å². The molecule has 0 saturated heterocycles. The van der Waals surface area contributed by atoms with Gasteiger partial charge in [0.05, 0.1) is 66.6 Å². The minimum Gasteiger partial charge on any atom is -0.309 e. The summed E-state index contributed by atoms with van der Waals surface area (Å²) < 4.78 is 133. The van der Waals surface area contributed by atoms with Crippen LogP contribution in [0.4, 0.5) is 35.1 Å². The summed E-state index contributed by atoms with van der Waals surface area (Å²) in [6.07, 6.45) is -5.39. The molecule has 4 heterocycles. The molecule has 4 nitrogen and oxygen atoms in total. The van der Waals surface area contributed by atoms with Gasteiger partial charge in [-0.15, -0.1) is 0 Å². The van der Waals surface area contributed by atoms with Crippen molar-refractivity contribution in [2.24, 2.45) is 0 Å². The normalized spacial score (nSPS) is 12.4. The summed E-state index contributed by atoms with van der Waals surface area (Å²) in [6, 6.07) is 59.3. The predicted octanol–water partition coefficient (Wildman–Crippen LogP) is 17.5. The summed E-state index contributed by atoms with van der Waals surface area (Å²) in [7, 11) is 0. The van der Waals surface area contributed by atoms with Gasteiger partial charge in [-0.3, -0.25) is 0 Å². The van der Waals surface area contributed by atoms with Gasteiger partial charge in [-0.2, -0.15) is 13.2 Å². The predicted molar refractivity (Wildman–Crippen MR) is 274 cm³/mol. The zero-order valence-corrected chi connectivity index (χ0v) is 37.8. The van der Waals surface area contributed by atoms with Crippen molar-refractivity contribution in [2.45, 2.75) is 6.18 Å². The molecule has 0 aliphatic rings. The van der Waals surface area contributed by atoms with Crippen LogP contribution in [0.2, 0.25) is 0 Å². The van der Waals surface area contributed by atoms with Gasteiger partial charge in [-0.25, -0.2) is 22.0 Å². The molecule has 4 aromatic heterocycles. The van der Waals surface area contributed by atoms with Crippen molar-refractivity contribution >= 4 is 87.2 Å². The molecular formula is C61H32F8N4. The third-order valence-electron chi connectivity index (χ3n) is 14.4. The first-order valence-electron chi connectivity index (χ1n) is 23.3. The molecule has 0 aliphatic carbocycles. The summed E-state index contributed by atoms with van der Waals surface area (Å²) in [5.74, 6) is -12.0. The lowest BCUT2D eigenvalue weighted by atomic mass is 9.95. The van der Waals surface area contributed by atoms with Crippen LogP contribution in [0.25, 0.3) is 121 Å². The zero-order valence-electron chi connectivity index (χ0n) is 37.8. The summed E-state index contributed by atoms with van der Waals surface area (Å²) in [4.78, 5) is 0. The molecule has 12 heteroatoms. The van der Waals surface area contributed by atoms with Gasteiger partial charge in [0, 0.05) is 60.0 Å². The van der Waals surface area contributed by atoms with Gasteiger partial charge >= 0.3 is 6.18 Å². The van der Waals surface area contributed by atoms with Crippen LogP contribution in [0, 0.1) is 29.1 Å². The number of halogens is 8. The van der Waals surface area contributed by atoms with Gasteiger partial charge in [0.2, 0.25) is 5.82 Å². The largest absolute Gasteiger partial charge is 0.417 e. The van der Waals surface area contributed by atoms with E-state index in [0.717, 1.165) is 55.7 Å². The van der Waals surface area contributed by atoms with Gasteiger partial charge in [0.25, 0.3) is 0 Å². The molecule has 352 valence electrons. The molecule has 0 radical (unpaired) electrons. The van der Waals surface area contributed by atoms with Crippen molar-refractivity contribution in [3.8, 4) is 33.9 Å². The van der Waals surface area contributed by atoms with Crippen LogP contribution in [-0.2, 0) is 6.18 Å². The van der Waals surface area contributed by atoms with Crippen molar-refractivity contribution in [3.63, 3.8) is 0 Å². The lowest BCUT2D eigenvalue weighted by Gasteiger charge is -2.23. The maximum absolute atomic E-state index is 16.2. The van der Waals surface area contributed by atoms with Crippen LogP contribution < -0.4 is 0 Å². The van der Waals surface area contributed by atoms with Gasteiger partial charge in [-0.1, -0.05) is 121 Å². The highest BCUT2D eigenvalue weighted by Crippen LogP contribution is 2.48. The molecule has 14 rings (SSSR count). The van der Waals surface area contributed by atoms with E-state index >= 15 is 30.7 Å². The van der Waals surface area contributed by atoms with Crippen molar-refractivity contribution in [1.82, 2.24) is 18.3 Å². The van der Waals surface area contributed by atoms with E-state index in [0.29, 0.717) is 55.0 Å². The number of benzene rings is 10. The first-order valence-corrected chi connectivity index (χ1v) is 23.3. The zero-order chi connectivity index (χ0) is 49.6. The Morgan fingerprint density at radius 3 is 0.904 bits per heavy atom. The van der Waals surface area contributed by atoms with E-state index in [-0.39, 0.29) is 11.4 Å². The Morgan fingerprint density at radius 1 is 0.274 bits per heavy atom. The molecule has 0 bridgehead atoms. The van der Waals surface area contributed by atoms with Gasteiger partial charge < -0.3 is 18.3 Å². The van der Waals surface area contributed by atoms with E-state index in [1.54, 1.807) is 33.4 Å². The van der Waals surface area contributed by atoms with Gasteiger partial charge in [-0.05, 0) is 72.8 Å². The lowest BCUT2D eigenvalue weighted by Crippen LogP contribution is -2.14. The highest BCUT2D eigenvalue weighted by Gasteiger charge is 2.39. The van der Waals surface area contributed by atoms with E-state index in [1.807, 2.05) is 158 Å². The van der Waals surface area contributed by atoms with E-state index in [9.17, 15) is 4.39 Å². The quantitative estimate of drug-likeness (QED) is 0.0930. The second-order valence-corrected chi connectivity index (χ2v) is 18.2. The SMILES string of the molecule is Fc1c(F)c(F)c(-c2cc(-n3c4ccccc4c4ccc(-n5c6ccccc6c6ccccc65)cc43)c(-n3c4ccccc4c4ccc(-n5c6ccccc6c6ccccc65)cc43)cc2C(F)(F)F)c(F)c1F. The Morgan fingerprint density at radius 2 is 0.562 bits per heavy atom. The van der Waals surface area contributed by atoms with Crippen LogP contribution in [0.3, 0.4) is 0 Å². The minimum absolute atomic E-state index is 0.0394. The molecule has 0 saturated carbocycles. The number of rotatable bonds is 5. The smallest absolute Gasteiger partial charge is 0.309 e. The standard InChI is InChI=1S/C61H32F8N4/c62-56-55(57(63)59(65)60(66)58(56)64)43-31-53(72-49-23-11-5-17-39(49)41-27-25-33(29-51(41)72)70-45-19-7-1-13-35(45)36-14-2-8-20-46(36)70)54(32-44(43)61(67,68)69)73-50-24-12-6-18-40(50)42-28-26-34(30-52(42)73)71-47-21-9-3-15-37(47)38-16-4-10-22-48(38)71/h1-32H. The minimum atomic E-state index is -5.39. The maximum atomic E-state index is 16.2. The van der Waals surface area contributed by atoms with Gasteiger partial charge in [0.15, 0.2) is 23.3 Å². The highest BCUT2D eigenvalue weighted by molar-refractivity contribution is 6.14. The third kappa shape index (κ3) is 6.00. The molecule has 14 aromatic rings. The molecule has 0 unspecified atom stereocenters. The molecule has 0 amide bonds. The first kappa shape index (κ1) is 42.7. The van der Waals surface area contributed by atoms with Crippen LogP contribution in [-0.4, -0.2) is 18.3 Å². The Kier molecular flexibility index (Phi) is 9.02. The summed E-state index contributed by atoms with van der Waals surface area (Å²) in [6.45, 7) is 0. The third-order valence-corrected chi connectivity index (χ3v) is 14.4. The molecule has 0 fully saturated rings. The Labute approximate surface area is 408 Å². The molecule has 0 N–H and O–H groups in total. The summed E-state index contributed by atoms with van der Waals surface area (Å²) >= 11 is 0. The average molecular weight is 973 g/mol. The number of hydrogen-bond donors (Lipinski definition) is 0. The fourth-order valence-corrected chi connectivity index (χ4v) is 11.3. The monoisotopic (exact) mass is 972 g/mol. The summed E-state index contributed by atoms with van der Waals surface area (Å²) in [5, 5.41) is 6.69. The number of nitrogens with zero attached hydrogens (tertiary/aromatic N) is 4. The Balaban J connectivity index is 1.16. The van der Waals surface area contributed by atoms with E-state index in [2.05, 4.69) is 9.13 Å². The molecular weight excluding hydrogens is 941 g/mol. The average Bonchev–Trinajstić information content (AvgIpc) is 4.14. The topological polar surface area (TPSA) is 19.7 Å². The fourth-order valence-electron chi connectivity index (χ4n) is 11.3. The number of fused-ring (bicyclic) bond motifs is 12. The number of para-hydroxylation sites is 6. The van der Waals surface area contributed by atoms with E-state index < -0.39 is 52.0 Å². The Bertz CT molecular complexity index is 4550. The second-order valence-electron chi connectivity index (χ2n) is 18.2. The van der Waals surface area contributed by atoms with E-state index in [1.165, 1.54) is 0 Å². The summed E-state index contributed by atoms with van der Waals surface area (Å²) in [5.41, 5.74) is 2.19. The number of alkyl halides is 3. The second kappa shape index (κ2) is 15.4. The fraction of sp³-hybridized carbons (Fsp3) is 0.0164. The number of hydrogen-bond acceptors (Lipinski definition) is 0. The van der Waals surface area contributed by atoms with Crippen LogP contribution in [0.5, 0.6) is 0 Å². The molecule has 0 atom stereocenters. The van der Waals surface area contributed by atoms with Crippen LogP contribution in [0.1, 0.15) is 5.56 Å². The number of aromatic nitrogens is 4. The lowest BCUT2D eigenvalue weighted by molar-refractivity contribution is -0.137. The van der Waals surface area contributed by atoms with Crippen LogP contribution in [0.15, 0.2) is 194 Å².